The van der Waals surface area contributed by atoms with Gasteiger partial charge in [0.1, 0.15) is 5.82 Å². The largest absolute Gasteiger partial charge is 0.352 e. The van der Waals surface area contributed by atoms with Crippen LogP contribution in [0.15, 0.2) is 36.4 Å². The van der Waals surface area contributed by atoms with Crippen molar-refractivity contribution in [2.24, 2.45) is 0 Å². The third-order valence-corrected chi connectivity index (χ3v) is 3.31. The Labute approximate surface area is 143 Å². The highest BCUT2D eigenvalue weighted by molar-refractivity contribution is 6.00. The minimum atomic E-state index is -0.815. The van der Waals surface area contributed by atoms with Gasteiger partial charge in [0.15, 0.2) is 6.61 Å². The van der Waals surface area contributed by atoms with Crippen molar-refractivity contribution in [2.75, 3.05) is 11.9 Å². The van der Waals surface area contributed by atoms with Gasteiger partial charge in [0.25, 0.3) is 11.8 Å². The van der Waals surface area contributed by atoms with Crippen LogP contribution in [0.2, 0.25) is 0 Å². The Bertz CT molecular complexity index is 795. The van der Waals surface area contributed by atoms with Crippen LogP contribution in [-0.2, 0) is 9.63 Å². The fourth-order valence-corrected chi connectivity index (χ4v) is 2.08. The van der Waals surface area contributed by atoms with Crippen molar-refractivity contribution < 1.29 is 24.0 Å². The monoisotopic (exact) mass is 347 g/mol. The Morgan fingerprint density at radius 3 is 2.44 bits per heavy atom. The van der Waals surface area contributed by atoms with Gasteiger partial charge in [0.05, 0.1) is 16.9 Å². The molecule has 0 aliphatic rings. The molecule has 0 spiro atoms. The van der Waals surface area contributed by atoms with E-state index < -0.39 is 24.2 Å². The number of carbonyl (C=O) groups excluding carboxylic acids is 2. The molecule has 25 heavy (non-hydrogen) atoms. The normalized spacial score (nSPS) is 10.2. The predicted octanol–water partition coefficient (Wildman–Crippen LogP) is 2.35. The highest BCUT2D eigenvalue weighted by Gasteiger charge is 2.14. The molecule has 0 bridgehead atoms. The summed E-state index contributed by atoms with van der Waals surface area (Å²) in [6, 6.07) is 9.66. The Kier molecular flexibility index (Phi) is 6.04. The Balaban J connectivity index is 2.19. The van der Waals surface area contributed by atoms with Crippen molar-refractivity contribution in [1.29, 1.82) is 0 Å². The SMILES string of the molecule is Cc1ccc(Nc2cc(C)ccc2C(=O)NOCC(=O)NO)c(F)c1. The van der Waals surface area contributed by atoms with E-state index in [4.69, 9.17) is 10.0 Å². The van der Waals surface area contributed by atoms with Crippen molar-refractivity contribution in [3.63, 3.8) is 0 Å². The number of hydrogen-bond donors (Lipinski definition) is 4. The van der Waals surface area contributed by atoms with Crippen molar-refractivity contribution in [2.45, 2.75) is 13.8 Å². The molecule has 0 aliphatic heterocycles. The molecule has 2 aromatic rings. The molecular formula is C17H18FN3O4. The molecule has 0 atom stereocenters. The molecule has 0 saturated carbocycles. The van der Waals surface area contributed by atoms with Crippen molar-refractivity contribution in [3.8, 4) is 0 Å². The van der Waals surface area contributed by atoms with Gasteiger partial charge in [-0.2, -0.15) is 0 Å². The van der Waals surface area contributed by atoms with Crippen molar-refractivity contribution in [3.05, 3.63) is 58.9 Å². The molecule has 4 N–H and O–H groups in total. The summed E-state index contributed by atoms with van der Waals surface area (Å²) >= 11 is 0. The molecule has 0 fully saturated rings. The van der Waals surface area contributed by atoms with E-state index in [-0.39, 0.29) is 11.3 Å². The fraction of sp³-hybridized carbons (Fsp3) is 0.176. The number of hydrogen-bond acceptors (Lipinski definition) is 5. The minimum absolute atomic E-state index is 0.204. The number of anilines is 2. The van der Waals surface area contributed by atoms with Crippen LogP contribution in [0.5, 0.6) is 0 Å². The molecule has 0 aliphatic carbocycles. The second-order valence-electron chi connectivity index (χ2n) is 5.41. The van der Waals surface area contributed by atoms with Crippen molar-refractivity contribution in [1.82, 2.24) is 11.0 Å². The van der Waals surface area contributed by atoms with Gasteiger partial charge in [-0.1, -0.05) is 12.1 Å². The molecule has 0 unspecified atom stereocenters. The van der Waals surface area contributed by atoms with Crippen LogP contribution >= 0.6 is 0 Å². The lowest BCUT2D eigenvalue weighted by Gasteiger charge is -2.14. The van der Waals surface area contributed by atoms with Crippen molar-refractivity contribution >= 4 is 23.2 Å². The van der Waals surface area contributed by atoms with Gasteiger partial charge < -0.3 is 5.32 Å². The van der Waals surface area contributed by atoms with E-state index in [0.717, 1.165) is 11.1 Å². The number of amides is 2. The average Bonchev–Trinajstić information content (AvgIpc) is 2.57. The summed E-state index contributed by atoms with van der Waals surface area (Å²) in [5, 5.41) is 11.3. The van der Waals surface area contributed by atoms with E-state index >= 15 is 0 Å². The van der Waals surface area contributed by atoms with Crippen LogP contribution in [0.4, 0.5) is 15.8 Å². The lowest BCUT2D eigenvalue weighted by atomic mass is 10.1. The standard InChI is InChI=1S/C17H18FN3O4/c1-10-4-6-14(13(18)7-10)19-15-8-11(2)3-5-12(15)17(23)21-25-9-16(22)20-24/h3-8,19,24H,9H2,1-2H3,(H,20,22)(H,21,23). The van der Waals surface area contributed by atoms with E-state index in [1.54, 1.807) is 37.3 Å². The second kappa shape index (κ2) is 8.22. The molecule has 0 heterocycles. The van der Waals surface area contributed by atoms with E-state index in [1.807, 2.05) is 6.92 Å². The first kappa shape index (κ1) is 18.4. The number of rotatable bonds is 6. The summed E-state index contributed by atoms with van der Waals surface area (Å²) < 4.78 is 14.0. The zero-order valence-corrected chi connectivity index (χ0v) is 13.7. The molecule has 8 heteroatoms. The number of benzene rings is 2. The summed E-state index contributed by atoms with van der Waals surface area (Å²) in [7, 11) is 0. The fourth-order valence-electron chi connectivity index (χ4n) is 2.08. The Morgan fingerprint density at radius 1 is 1.08 bits per heavy atom. The van der Waals surface area contributed by atoms with Gasteiger partial charge in [-0.15, -0.1) is 0 Å². The molecule has 2 rings (SSSR count). The second-order valence-corrected chi connectivity index (χ2v) is 5.41. The number of aryl methyl sites for hydroxylation is 2. The topological polar surface area (TPSA) is 99.7 Å². The van der Waals surface area contributed by atoms with Gasteiger partial charge in [0.2, 0.25) is 0 Å². The maximum absolute atomic E-state index is 14.0. The number of hydroxylamine groups is 2. The molecule has 7 nitrogen and oxygen atoms in total. The van der Waals surface area contributed by atoms with Gasteiger partial charge in [0, 0.05) is 0 Å². The zero-order chi connectivity index (χ0) is 18.4. The summed E-state index contributed by atoms with van der Waals surface area (Å²) in [6.45, 7) is 3.06. The van der Waals surface area contributed by atoms with E-state index in [1.165, 1.54) is 11.5 Å². The molecule has 132 valence electrons. The quantitative estimate of drug-likeness (QED) is 0.475. The number of nitrogens with one attached hydrogen (secondary N) is 3. The lowest BCUT2D eigenvalue weighted by Crippen LogP contribution is -2.31. The van der Waals surface area contributed by atoms with Crippen LogP contribution in [0.25, 0.3) is 0 Å². The summed E-state index contributed by atoms with van der Waals surface area (Å²) in [5.41, 5.74) is 5.92. The summed E-state index contributed by atoms with van der Waals surface area (Å²) in [6.07, 6.45) is 0. The van der Waals surface area contributed by atoms with E-state index in [2.05, 4.69) is 10.8 Å². The highest BCUT2D eigenvalue weighted by atomic mass is 19.1. The first-order valence-electron chi connectivity index (χ1n) is 7.39. The predicted molar refractivity (Wildman–Crippen MR) is 88.9 cm³/mol. The molecule has 0 saturated heterocycles. The minimum Gasteiger partial charge on any atom is -0.352 e. The Hall–Kier alpha value is -2.97. The lowest BCUT2D eigenvalue weighted by molar-refractivity contribution is -0.135. The third kappa shape index (κ3) is 5.00. The molecule has 0 radical (unpaired) electrons. The Morgan fingerprint density at radius 2 is 1.76 bits per heavy atom. The zero-order valence-electron chi connectivity index (χ0n) is 13.7. The third-order valence-electron chi connectivity index (χ3n) is 3.31. The van der Waals surface area contributed by atoms with E-state index in [9.17, 15) is 14.0 Å². The number of halogens is 1. The van der Waals surface area contributed by atoms with Crippen LogP contribution in [0.3, 0.4) is 0 Å². The average molecular weight is 347 g/mol. The summed E-state index contributed by atoms with van der Waals surface area (Å²) in [4.78, 5) is 27.8. The maximum atomic E-state index is 14.0. The molecular weight excluding hydrogens is 329 g/mol. The maximum Gasteiger partial charge on any atom is 0.276 e. The smallest absolute Gasteiger partial charge is 0.276 e. The van der Waals surface area contributed by atoms with Crippen LogP contribution < -0.4 is 16.3 Å². The first-order chi connectivity index (χ1) is 11.9. The van der Waals surface area contributed by atoms with Gasteiger partial charge in [-0.05, 0) is 49.2 Å². The molecule has 2 amide bonds. The summed E-state index contributed by atoms with van der Waals surface area (Å²) in [5.74, 6) is -1.88. The van der Waals surface area contributed by atoms with Gasteiger partial charge >= 0.3 is 0 Å². The van der Waals surface area contributed by atoms with Crippen LogP contribution in [-0.4, -0.2) is 23.6 Å². The van der Waals surface area contributed by atoms with Gasteiger partial charge in [-0.3, -0.25) is 19.6 Å². The van der Waals surface area contributed by atoms with Gasteiger partial charge in [-0.25, -0.2) is 15.4 Å². The molecule has 2 aromatic carbocycles. The first-order valence-corrected chi connectivity index (χ1v) is 7.39. The number of carbonyl (C=O) groups is 2. The van der Waals surface area contributed by atoms with Crippen LogP contribution in [0.1, 0.15) is 21.5 Å². The highest BCUT2D eigenvalue weighted by Crippen LogP contribution is 2.25. The van der Waals surface area contributed by atoms with Crippen LogP contribution in [0, 0.1) is 19.7 Å². The molecule has 0 aromatic heterocycles. The van der Waals surface area contributed by atoms with E-state index in [0.29, 0.717) is 5.69 Å².